The molecule has 0 saturated carbocycles. The first-order valence-electron chi connectivity index (χ1n) is 13.7. The van der Waals surface area contributed by atoms with Crippen molar-refractivity contribution in [2.45, 2.75) is 63.9 Å². The molecule has 2 atom stereocenters. The van der Waals surface area contributed by atoms with E-state index in [1.807, 2.05) is 36.9 Å². The van der Waals surface area contributed by atoms with Crippen LogP contribution in [0, 0.1) is 19.8 Å². The molecular weight excluding hydrogens is 526 g/mol. The number of amides is 1. The Hall–Kier alpha value is -3.63. The second-order valence-electron chi connectivity index (χ2n) is 11.1. The minimum absolute atomic E-state index is 0.0650. The van der Waals surface area contributed by atoms with Crippen LogP contribution in [0.15, 0.2) is 53.4 Å². The summed E-state index contributed by atoms with van der Waals surface area (Å²) in [6, 6.07) is 13.0. The number of aryl methyl sites for hydroxylation is 2. The molecule has 1 aromatic heterocycles. The molecule has 2 aliphatic heterocycles. The summed E-state index contributed by atoms with van der Waals surface area (Å²) in [5, 5.41) is 3.33. The van der Waals surface area contributed by atoms with Crippen molar-refractivity contribution < 1.29 is 18.0 Å². The predicted molar refractivity (Wildman–Crippen MR) is 154 cm³/mol. The number of ketones is 1. The SMILES string of the molecule is Cc1cccc(C)c1-c1cc2nc(n1)NS(=O)(=O)c1cccc(c1)C(=O)N(C1CCNC1)[C@H](CC(C)C)CC2=O. The highest BCUT2D eigenvalue weighted by Crippen LogP contribution is 2.30. The first-order chi connectivity index (χ1) is 19.0. The predicted octanol–water partition coefficient (Wildman–Crippen LogP) is 4.37. The molecule has 2 N–H and O–H groups in total. The second-order valence-corrected chi connectivity index (χ2v) is 12.8. The summed E-state index contributed by atoms with van der Waals surface area (Å²) in [5.41, 5.74) is 3.54. The topological polar surface area (TPSA) is 121 Å². The number of benzene rings is 2. The van der Waals surface area contributed by atoms with Crippen LogP contribution in [0.25, 0.3) is 11.3 Å². The van der Waals surface area contributed by atoms with Crippen LogP contribution >= 0.6 is 0 Å². The molecule has 5 rings (SSSR count). The van der Waals surface area contributed by atoms with E-state index in [1.165, 1.54) is 12.1 Å². The summed E-state index contributed by atoms with van der Waals surface area (Å²) in [6.45, 7) is 9.41. The zero-order chi connectivity index (χ0) is 28.6. The van der Waals surface area contributed by atoms with Gasteiger partial charge in [-0.15, -0.1) is 0 Å². The minimum Gasteiger partial charge on any atom is -0.331 e. The molecular formula is C30H35N5O4S. The number of rotatable bonds is 4. The van der Waals surface area contributed by atoms with Gasteiger partial charge in [-0.05, 0) is 74.5 Å². The number of hydrogen-bond donors (Lipinski definition) is 2. The lowest BCUT2D eigenvalue weighted by Crippen LogP contribution is -2.49. The third-order valence-electron chi connectivity index (χ3n) is 7.59. The number of carbonyl (C=O) groups is 2. The molecule has 1 unspecified atom stereocenters. The Bertz CT molecular complexity index is 1540. The molecule has 4 bridgehead atoms. The third-order valence-corrected chi connectivity index (χ3v) is 8.91. The summed E-state index contributed by atoms with van der Waals surface area (Å²) < 4.78 is 29.4. The van der Waals surface area contributed by atoms with E-state index >= 15 is 0 Å². The first kappa shape index (κ1) is 27.9. The average Bonchev–Trinajstić information content (AvgIpc) is 3.42. The van der Waals surface area contributed by atoms with Crippen molar-refractivity contribution in [1.29, 1.82) is 0 Å². The molecule has 0 aliphatic carbocycles. The largest absolute Gasteiger partial charge is 0.331 e. The lowest BCUT2D eigenvalue weighted by molar-refractivity contribution is 0.0536. The van der Waals surface area contributed by atoms with Crippen LogP contribution in [-0.2, 0) is 10.0 Å². The normalized spacial score (nSPS) is 21.0. The zero-order valence-corrected chi connectivity index (χ0v) is 24.1. The molecule has 0 radical (unpaired) electrons. The molecule has 210 valence electrons. The van der Waals surface area contributed by atoms with Crippen molar-refractivity contribution in [2.75, 3.05) is 17.8 Å². The fourth-order valence-corrected chi connectivity index (χ4v) is 6.76. The molecule has 1 saturated heterocycles. The smallest absolute Gasteiger partial charge is 0.264 e. The lowest BCUT2D eigenvalue weighted by atomic mass is 9.93. The number of fused-ring (bicyclic) bond motifs is 4. The molecule has 3 aromatic rings. The highest BCUT2D eigenvalue weighted by Gasteiger charge is 2.36. The van der Waals surface area contributed by atoms with Crippen molar-refractivity contribution in [2.24, 2.45) is 5.92 Å². The molecule has 1 fully saturated rings. The van der Waals surface area contributed by atoms with Gasteiger partial charge >= 0.3 is 0 Å². The fourth-order valence-electron chi connectivity index (χ4n) is 5.77. The Balaban J connectivity index is 1.72. The van der Waals surface area contributed by atoms with Crippen molar-refractivity contribution in [1.82, 2.24) is 20.2 Å². The maximum absolute atomic E-state index is 14.1. The van der Waals surface area contributed by atoms with Crippen LogP contribution in [0.2, 0.25) is 0 Å². The van der Waals surface area contributed by atoms with E-state index in [4.69, 9.17) is 0 Å². The number of nitrogens with one attached hydrogen (secondary N) is 2. The van der Waals surface area contributed by atoms with Gasteiger partial charge in [0.1, 0.15) is 5.69 Å². The Morgan fingerprint density at radius 3 is 2.38 bits per heavy atom. The standard InChI is InChI=1S/C30H35N5O4S/c1-18(2)13-23-15-27(36)25-16-26(28-19(3)7-5-8-20(28)4)33-30(32-25)34-40(38,39)24-10-6-9-21(14-24)29(37)35(23)22-11-12-31-17-22/h5-10,14,16,18,22-23,31H,11-13,15,17H2,1-4H3,(H,32,33,34)/t22?,23-/m1/s1. The summed E-state index contributed by atoms with van der Waals surface area (Å²) in [5.74, 6) is -0.512. The van der Waals surface area contributed by atoms with Gasteiger partial charge in [0.05, 0.1) is 10.6 Å². The van der Waals surface area contributed by atoms with E-state index in [-0.39, 0.29) is 58.2 Å². The van der Waals surface area contributed by atoms with Crippen molar-refractivity contribution in [3.8, 4) is 11.3 Å². The van der Waals surface area contributed by atoms with Gasteiger partial charge in [0.2, 0.25) is 5.95 Å². The highest BCUT2D eigenvalue weighted by molar-refractivity contribution is 7.92. The van der Waals surface area contributed by atoms with Crippen molar-refractivity contribution in [3.63, 3.8) is 0 Å². The lowest BCUT2D eigenvalue weighted by Gasteiger charge is -2.37. The van der Waals surface area contributed by atoms with Crippen LogP contribution in [0.4, 0.5) is 5.95 Å². The Morgan fingerprint density at radius 1 is 1.00 bits per heavy atom. The van der Waals surface area contributed by atoms with Crippen LogP contribution in [0.3, 0.4) is 0 Å². The number of sulfonamides is 1. The highest BCUT2D eigenvalue weighted by atomic mass is 32.2. The third kappa shape index (κ3) is 5.64. The molecule has 3 heterocycles. The van der Waals surface area contributed by atoms with E-state index < -0.39 is 10.0 Å². The van der Waals surface area contributed by atoms with E-state index in [9.17, 15) is 18.0 Å². The quantitative estimate of drug-likeness (QED) is 0.485. The number of nitrogens with zero attached hydrogens (tertiary/aromatic N) is 3. The van der Waals surface area contributed by atoms with Crippen LogP contribution in [0.1, 0.15) is 65.1 Å². The molecule has 0 spiro atoms. The molecule has 2 aliphatic rings. The maximum atomic E-state index is 14.1. The second kappa shape index (κ2) is 11.1. The van der Waals surface area contributed by atoms with Gasteiger partial charge in [0, 0.05) is 36.2 Å². The van der Waals surface area contributed by atoms with Crippen molar-refractivity contribution in [3.05, 3.63) is 70.9 Å². The van der Waals surface area contributed by atoms with Gasteiger partial charge in [-0.3, -0.25) is 9.59 Å². The number of aromatic nitrogens is 2. The van der Waals surface area contributed by atoms with Gasteiger partial charge in [-0.1, -0.05) is 38.1 Å². The number of carbonyl (C=O) groups excluding carboxylic acids is 2. The van der Waals surface area contributed by atoms with E-state index in [0.717, 1.165) is 29.7 Å². The number of anilines is 1. The monoisotopic (exact) mass is 561 g/mol. The fraction of sp³-hybridized carbons (Fsp3) is 0.400. The molecule has 2 aromatic carbocycles. The summed E-state index contributed by atoms with van der Waals surface area (Å²) >= 11 is 0. The summed E-state index contributed by atoms with van der Waals surface area (Å²) in [6.07, 6.45) is 1.43. The van der Waals surface area contributed by atoms with E-state index in [0.29, 0.717) is 18.7 Å². The van der Waals surface area contributed by atoms with Gasteiger partial charge in [-0.25, -0.2) is 23.1 Å². The first-order valence-corrected chi connectivity index (χ1v) is 15.2. The van der Waals surface area contributed by atoms with E-state index in [2.05, 4.69) is 33.9 Å². The average molecular weight is 562 g/mol. The summed E-state index contributed by atoms with van der Waals surface area (Å²) in [4.78, 5) is 38.6. The molecule has 9 nitrogen and oxygen atoms in total. The van der Waals surface area contributed by atoms with Crippen LogP contribution in [-0.4, -0.2) is 60.1 Å². The van der Waals surface area contributed by atoms with E-state index in [1.54, 1.807) is 18.2 Å². The minimum atomic E-state index is -4.16. The Morgan fingerprint density at radius 2 is 1.70 bits per heavy atom. The Kier molecular flexibility index (Phi) is 7.74. The van der Waals surface area contributed by atoms with Gasteiger partial charge in [0.25, 0.3) is 15.9 Å². The number of Topliss-reactive ketones (excluding diaryl/α,β-unsaturated/α-hetero) is 1. The van der Waals surface area contributed by atoms with Crippen LogP contribution in [0.5, 0.6) is 0 Å². The van der Waals surface area contributed by atoms with Gasteiger partial charge in [-0.2, -0.15) is 0 Å². The van der Waals surface area contributed by atoms with Gasteiger partial charge < -0.3 is 10.2 Å². The zero-order valence-electron chi connectivity index (χ0n) is 23.3. The molecule has 1 amide bonds. The van der Waals surface area contributed by atoms with Crippen molar-refractivity contribution >= 4 is 27.7 Å². The van der Waals surface area contributed by atoms with Crippen LogP contribution < -0.4 is 10.0 Å². The Labute approximate surface area is 235 Å². The summed E-state index contributed by atoms with van der Waals surface area (Å²) in [7, 11) is -4.16. The van der Waals surface area contributed by atoms with Gasteiger partial charge in [0.15, 0.2) is 5.78 Å². The molecule has 10 heteroatoms. The molecule has 40 heavy (non-hydrogen) atoms. The maximum Gasteiger partial charge on any atom is 0.264 e. The number of hydrogen-bond acceptors (Lipinski definition) is 7.